The highest BCUT2D eigenvalue weighted by molar-refractivity contribution is 7.91. The van der Waals surface area contributed by atoms with E-state index in [9.17, 15) is 17.6 Å². The molecule has 0 aliphatic heterocycles. The third kappa shape index (κ3) is 2.80. The molecule has 1 aromatic rings. The van der Waals surface area contributed by atoms with Crippen LogP contribution in [0.2, 0.25) is 0 Å². The number of benzene rings is 1. The Bertz CT molecular complexity index is 702. The Labute approximate surface area is 115 Å². The molecule has 106 valence electrons. The fourth-order valence-electron chi connectivity index (χ4n) is 2.08. The van der Waals surface area contributed by atoms with Gasteiger partial charge in [-0.3, -0.25) is 0 Å². The predicted octanol–water partition coefficient (Wildman–Crippen LogP) is 1.99. The van der Waals surface area contributed by atoms with Gasteiger partial charge in [-0.15, -0.1) is 0 Å². The lowest BCUT2D eigenvalue weighted by atomic mass is 10.1. The standard InChI is InChI=1S/C13H12FNO4S/c14-10-7-9(12(16)17)1-2-11(10)20(18,19)8-13(3-4-13)5-6-15/h1-2,7H,3-5,8H2,(H,16,17). The van der Waals surface area contributed by atoms with Gasteiger partial charge in [0.1, 0.15) is 10.7 Å². The van der Waals surface area contributed by atoms with E-state index in [1.165, 1.54) is 0 Å². The lowest BCUT2D eigenvalue weighted by molar-refractivity contribution is 0.0696. The molecular formula is C13H12FNO4S. The van der Waals surface area contributed by atoms with Gasteiger partial charge in [0, 0.05) is 6.42 Å². The number of hydrogen-bond acceptors (Lipinski definition) is 4. The summed E-state index contributed by atoms with van der Waals surface area (Å²) in [6.45, 7) is 0. The maximum Gasteiger partial charge on any atom is 0.335 e. The molecule has 0 spiro atoms. The molecule has 0 heterocycles. The van der Waals surface area contributed by atoms with Crippen LogP contribution in [0, 0.1) is 22.6 Å². The Morgan fingerprint density at radius 1 is 1.45 bits per heavy atom. The number of carboxylic acid groups (broad SMARTS) is 1. The molecule has 1 aliphatic carbocycles. The Hall–Kier alpha value is -1.94. The molecule has 7 heteroatoms. The summed E-state index contributed by atoms with van der Waals surface area (Å²) in [5, 5.41) is 17.4. The molecule has 0 unspecified atom stereocenters. The molecule has 0 atom stereocenters. The van der Waals surface area contributed by atoms with Crippen molar-refractivity contribution < 1.29 is 22.7 Å². The van der Waals surface area contributed by atoms with Gasteiger partial charge in [-0.05, 0) is 36.5 Å². The predicted molar refractivity (Wildman–Crippen MR) is 67.3 cm³/mol. The first kappa shape index (κ1) is 14.5. The van der Waals surface area contributed by atoms with E-state index in [0.717, 1.165) is 12.1 Å². The van der Waals surface area contributed by atoms with Crippen molar-refractivity contribution in [2.24, 2.45) is 5.41 Å². The van der Waals surface area contributed by atoms with Crippen molar-refractivity contribution in [3.05, 3.63) is 29.6 Å². The number of nitrogens with zero attached hydrogens (tertiary/aromatic N) is 1. The molecule has 1 saturated carbocycles. The van der Waals surface area contributed by atoms with Gasteiger partial charge in [0.2, 0.25) is 0 Å². The summed E-state index contributed by atoms with van der Waals surface area (Å²) in [5.41, 5.74) is -0.870. The van der Waals surface area contributed by atoms with Gasteiger partial charge >= 0.3 is 5.97 Å². The van der Waals surface area contributed by atoms with Gasteiger partial charge in [-0.25, -0.2) is 17.6 Å². The number of aromatic carboxylic acids is 1. The zero-order valence-electron chi connectivity index (χ0n) is 10.5. The molecule has 0 saturated heterocycles. The van der Waals surface area contributed by atoms with Crippen LogP contribution < -0.4 is 0 Å². The lowest BCUT2D eigenvalue weighted by Crippen LogP contribution is -2.18. The molecule has 20 heavy (non-hydrogen) atoms. The molecular weight excluding hydrogens is 285 g/mol. The molecule has 0 radical (unpaired) electrons. The van der Waals surface area contributed by atoms with Crippen LogP contribution in [0.5, 0.6) is 0 Å². The Morgan fingerprint density at radius 2 is 2.10 bits per heavy atom. The number of nitriles is 1. The third-order valence-corrected chi connectivity index (χ3v) is 5.41. The van der Waals surface area contributed by atoms with E-state index < -0.39 is 31.9 Å². The van der Waals surface area contributed by atoms with E-state index in [2.05, 4.69) is 0 Å². The van der Waals surface area contributed by atoms with Crippen LogP contribution in [0.1, 0.15) is 29.6 Å². The highest BCUT2D eigenvalue weighted by Crippen LogP contribution is 2.50. The van der Waals surface area contributed by atoms with Crippen LogP contribution in [0.15, 0.2) is 23.1 Å². The molecule has 0 amide bonds. The summed E-state index contributed by atoms with van der Waals surface area (Å²) in [4.78, 5) is 10.2. The van der Waals surface area contributed by atoms with E-state index in [-0.39, 0.29) is 17.7 Å². The number of carbonyl (C=O) groups is 1. The van der Waals surface area contributed by atoms with Crippen molar-refractivity contribution >= 4 is 15.8 Å². The Balaban J connectivity index is 2.31. The van der Waals surface area contributed by atoms with Crippen LogP contribution in [0.3, 0.4) is 0 Å². The van der Waals surface area contributed by atoms with Crippen molar-refractivity contribution in [2.45, 2.75) is 24.2 Å². The van der Waals surface area contributed by atoms with E-state index in [0.29, 0.717) is 18.9 Å². The summed E-state index contributed by atoms with van der Waals surface area (Å²) >= 11 is 0. The maximum atomic E-state index is 13.8. The molecule has 0 bridgehead atoms. The molecule has 1 aliphatic rings. The average molecular weight is 297 g/mol. The largest absolute Gasteiger partial charge is 0.478 e. The second-order valence-corrected chi connectivity index (χ2v) is 7.00. The van der Waals surface area contributed by atoms with Crippen LogP contribution in [0.25, 0.3) is 0 Å². The molecule has 5 nitrogen and oxygen atoms in total. The van der Waals surface area contributed by atoms with Gasteiger partial charge in [-0.2, -0.15) is 5.26 Å². The van der Waals surface area contributed by atoms with Gasteiger partial charge in [0.05, 0.1) is 17.4 Å². The van der Waals surface area contributed by atoms with E-state index in [1.54, 1.807) is 0 Å². The smallest absolute Gasteiger partial charge is 0.335 e. The fraction of sp³-hybridized carbons (Fsp3) is 0.385. The summed E-state index contributed by atoms with van der Waals surface area (Å²) in [6, 6.07) is 4.67. The van der Waals surface area contributed by atoms with Gasteiger partial charge in [0.25, 0.3) is 0 Å². The average Bonchev–Trinajstić information content (AvgIpc) is 3.07. The molecule has 2 rings (SSSR count). The van der Waals surface area contributed by atoms with E-state index in [1.807, 2.05) is 6.07 Å². The van der Waals surface area contributed by atoms with E-state index in [4.69, 9.17) is 10.4 Å². The first-order valence-electron chi connectivity index (χ1n) is 5.92. The molecule has 1 aromatic carbocycles. The van der Waals surface area contributed by atoms with Crippen molar-refractivity contribution in [3.63, 3.8) is 0 Å². The number of carboxylic acids is 1. The quantitative estimate of drug-likeness (QED) is 0.896. The second kappa shape index (κ2) is 4.87. The monoisotopic (exact) mass is 297 g/mol. The number of rotatable bonds is 5. The highest BCUT2D eigenvalue weighted by atomic mass is 32.2. The summed E-state index contributed by atoms with van der Waals surface area (Å²) in [6.07, 6.45) is 1.39. The van der Waals surface area contributed by atoms with Gasteiger partial charge < -0.3 is 5.11 Å². The molecule has 1 fully saturated rings. The van der Waals surface area contributed by atoms with Crippen LogP contribution >= 0.6 is 0 Å². The number of hydrogen-bond donors (Lipinski definition) is 1. The number of sulfone groups is 1. The topological polar surface area (TPSA) is 95.2 Å². The zero-order valence-corrected chi connectivity index (χ0v) is 11.3. The first-order chi connectivity index (χ1) is 9.30. The van der Waals surface area contributed by atoms with Crippen molar-refractivity contribution in [2.75, 3.05) is 5.75 Å². The van der Waals surface area contributed by atoms with Crippen molar-refractivity contribution in [1.82, 2.24) is 0 Å². The fourth-order valence-corrected chi connectivity index (χ4v) is 4.07. The van der Waals surface area contributed by atoms with Crippen LogP contribution in [0.4, 0.5) is 4.39 Å². The summed E-state index contributed by atoms with van der Waals surface area (Å²) in [5.74, 6) is -2.68. The van der Waals surface area contributed by atoms with Crippen molar-refractivity contribution in [3.8, 4) is 6.07 Å². The van der Waals surface area contributed by atoms with E-state index >= 15 is 0 Å². The molecule has 1 N–H and O–H groups in total. The Kier molecular flexibility index (Phi) is 3.52. The third-order valence-electron chi connectivity index (χ3n) is 3.42. The lowest BCUT2D eigenvalue weighted by Gasteiger charge is -2.12. The minimum Gasteiger partial charge on any atom is -0.478 e. The summed E-state index contributed by atoms with van der Waals surface area (Å²) < 4.78 is 38.1. The Morgan fingerprint density at radius 3 is 2.55 bits per heavy atom. The second-order valence-electron chi connectivity index (χ2n) is 5.04. The van der Waals surface area contributed by atoms with Crippen LogP contribution in [-0.2, 0) is 9.84 Å². The van der Waals surface area contributed by atoms with Crippen LogP contribution in [-0.4, -0.2) is 25.2 Å². The van der Waals surface area contributed by atoms with Gasteiger partial charge in [-0.1, -0.05) is 0 Å². The van der Waals surface area contributed by atoms with Crippen molar-refractivity contribution in [1.29, 1.82) is 5.26 Å². The minimum absolute atomic E-state index is 0.126. The minimum atomic E-state index is -3.87. The summed E-state index contributed by atoms with van der Waals surface area (Å²) in [7, 11) is -3.87. The zero-order chi connectivity index (χ0) is 15.0. The highest BCUT2D eigenvalue weighted by Gasteiger charge is 2.46. The normalized spacial score (nSPS) is 16.4. The van der Waals surface area contributed by atoms with Gasteiger partial charge in [0.15, 0.2) is 9.84 Å². The maximum absolute atomic E-state index is 13.8. The number of halogens is 1. The SMILES string of the molecule is N#CCC1(CS(=O)(=O)c2ccc(C(=O)O)cc2F)CC1. The molecule has 0 aromatic heterocycles. The first-order valence-corrected chi connectivity index (χ1v) is 7.57.